The first-order valence-electron chi connectivity index (χ1n) is 12.1. The molecule has 1 aliphatic heterocycles. The van der Waals surface area contributed by atoms with Gasteiger partial charge in [0, 0.05) is 12.1 Å². The highest BCUT2D eigenvalue weighted by molar-refractivity contribution is 6.02. The van der Waals surface area contributed by atoms with Gasteiger partial charge in [0.1, 0.15) is 24.3 Å². The third kappa shape index (κ3) is 5.25. The maximum absolute atomic E-state index is 12.9. The fraction of sp³-hybridized carbons (Fsp3) is 0.333. The van der Waals surface area contributed by atoms with E-state index in [0.29, 0.717) is 35.2 Å². The lowest BCUT2D eigenvalue weighted by atomic mass is 10.1. The number of nitrogens with one attached hydrogen (secondary N) is 1. The summed E-state index contributed by atoms with van der Waals surface area (Å²) < 4.78 is 16.8. The number of rotatable bonds is 10. The maximum atomic E-state index is 12.9. The molecule has 1 saturated carbocycles. The van der Waals surface area contributed by atoms with E-state index in [1.807, 2.05) is 31.2 Å². The predicted molar refractivity (Wildman–Crippen MR) is 130 cm³/mol. The number of nitrogens with zero attached hydrogens (tertiary/aromatic N) is 2. The van der Waals surface area contributed by atoms with E-state index in [0.717, 1.165) is 24.8 Å². The highest BCUT2D eigenvalue weighted by Crippen LogP contribution is 2.34. The summed E-state index contributed by atoms with van der Waals surface area (Å²) in [6.45, 7) is 2.37. The monoisotopic (exact) mass is 489 g/mol. The van der Waals surface area contributed by atoms with E-state index in [2.05, 4.69) is 10.3 Å². The third-order valence-electron chi connectivity index (χ3n) is 6.26. The summed E-state index contributed by atoms with van der Waals surface area (Å²) in [5.74, 6) is 1.06. The molecule has 0 radical (unpaired) electrons. The molecule has 0 bridgehead atoms. The number of ketones is 1. The first-order chi connectivity index (χ1) is 17.5. The van der Waals surface area contributed by atoms with Gasteiger partial charge in [-0.3, -0.25) is 19.3 Å². The average Bonchev–Trinajstić information content (AvgIpc) is 3.62. The van der Waals surface area contributed by atoms with Crippen molar-refractivity contribution in [2.45, 2.75) is 32.7 Å². The zero-order chi connectivity index (χ0) is 25.1. The largest absolute Gasteiger partial charge is 0.485 e. The highest BCUT2D eigenvalue weighted by atomic mass is 16.5. The number of hydrogen-bond acceptors (Lipinski definition) is 7. The van der Waals surface area contributed by atoms with Crippen LogP contribution in [0.25, 0.3) is 0 Å². The van der Waals surface area contributed by atoms with Crippen LogP contribution >= 0.6 is 0 Å². The number of ether oxygens (including phenoxy) is 2. The molecule has 2 amide bonds. The van der Waals surface area contributed by atoms with Gasteiger partial charge in [0.25, 0.3) is 11.8 Å². The summed E-state index contributed by atoms with van der Waals surface area (Å²) in [6.07, 6.45) is 4.34. The Bertz CT molecular complexity index is 1300. The normalized spacial score (nSPS) is 14.7. The summed E-state index contributed by atoms with van der Waals surface area (Å²) in [5, 5.41) is 2.84. The Kier molecular flexibility index (Phi) is 6.71. The molecule has 1 N–H and O–H groups in total. The Hall–Kier alpha value is -4.14. The molecule has 9 nitrogen and oxygen atoms in total. The topological polar surface area (TPSA) is 111 Å². The van der Waals surface area contributed by atoms with Crippen molar-refractivity contribution in [1.29, 1.82) is 0 Å². The van der Waals surface area contributed by atoms with Gasteiger partial charge >= 0.3 is 0 Å². The van der Waals surface area contributed by atoms with E-state index in [-0.39, 0.29) is 48.9 Å². The number of benzene rings is 2. The second-order valence-corrected chi connectivity index (χ2v) is 8.90. The lowest BCUT2D eigenvalue weighted by molar-refractivity contribution is -0.121. The van der Waals surface area contributed by atoms with Crippen molar-refractivity contribution >= 4 is 23.3 Å². The van der Waals surface area contributed by atoms with Crippen LogP contribution in [0.15, 0.2) is 53.1 Å². The van der Waals surface area contributed by atoms with E-state index in [1.54, 1.807) is 18.2 Å². The number of carbonyl (C=O) groups excluding carboxylic acids is 3. The van der Waals surface area contributed by atoms with Gasteiger partial charge in [0.15, 0.2) is 24.7 Å². The fourth-order valence-electron chi connectivity index (χ4n) is 3.98. The van der Waals surface area contributed by atoms with Crippen LogP contribution in [-0.4, -0.2) is 42.3 Å². The van der Waals surface area contributed by atoms with E-state index < -0.39 is 0 Å². The van der Waals surface area contributed by atoms with Gasteiger partial charge < -0.3 is 19.2 Å². The average molecular weight is 490 g/mol. The molecule has 186 valence electrons. The molecule has 0 spiro atoms. The molecule has 1 fully saturated rings. The van der Waals surface area contributed by atoms with E-state index in [9.17, 15) is 14.4 Å². The summed E-state index contributed by atoms with van der Waals surface area (Å²) in [4.78, 5) is 43.6. The summed E-state index contributed by atoms with van der Waals surface area (Å²) in [6, 6.07) is 12.5. The number of fused-ring (bicyclic) bond motifs is 1. The molecule has 1 aromatic heterocycles. The van der Waals surface area contributed by atoms with Crippen molar-refractivity contribution in [3.8, 4) is 11.5 Å². The van der Waals surface area contributed by atoms with Gasteiger partial charge in [-0.1, -0.05) is 25.1 Å². The quantitative estimate of drug-likeness (QED) is 0.434. The van der Waals surface area contributed by atoms with Crippen LogP contribution < -0.4 is 19.7 Å². The Balaban J connectivity index is 1.29. The van der Waals surface area contributed by atoms with Crippen LogP contribution in [0, 0.1) is 5.92 Å². The van der Waals surface area contributed by atoms with Crippen LogP contribution in [-0.2, 0) is 17.8 Å². The van der Waals surface area contributed by atoms with Crippen LogP contribution in [0.5, 0.6) is 11.5 Å². The minimum absolute atomic E-state index is 0.00309. The van der Waals surface area contributed by atoms with Crippen molar-refractivity contribution in [2.75, 3.05) is 24.7 Å². The number of hydrogen-bond donors (Lipinski definition) is 1. The summed E-state index contributed by atoms with van der Waals surface area (Å²) in [5.41, 5.74) is 2.01. The lowest BCUT2D eigenvalue weighted by Crippen LogP contribution is -2.38. The van der Waals surface area contributed by atoms with Crippen LogP contribution in [0.2, 0.25) is 0 Å². The highest BCUT2D eigenvalue weighted by Gasteiger charge is 2.29. The summed E-state index contributed by atoms with van der Waals surface area (Å²) in [7, 11) is 0. The number of oxazole rings is 1. The van der Waals surface area contributed by atoms with Gasteiger partial charge in [-0.2, -0.15) is 0 Å². The van der Waals surface area contributed by atoms with E-state index in [1.165, 1.54) is 11.2 Å². The van der Waals surface area contributed by atoms with E-state index >= 15 is 0 Å². The molecule has 36 heavy (non-hydrogen) atoms. The SMILES string of the molecule is CCc1ccccc1OCC(=O)c1ccc2c(c1)N(Cc1nc(C(=O)NCC3CC3)co1)C(=O)CO2. The molecule has 0 saturated heterocycles. The smallest absolute Gasteiger partial charge is 0.273 e. The van der Waals surface area contributed by atoms with Gasteiger partial charge in [-0.05, 0) is 55.0 Å². The Labute approximate surface area is 208 Å². The fourth-order valence-corrected chi connectivity index (χ4v) is 3.98. The molecule has 0 unspecified atom stereocenters. The number of anilines is 1. The molecule has 9 heteroatoms. The number of amides is 2. The van der Waals surface area contributed by atoms with Gasteiger partial charge in [0.05, 0.1) is 5.69 Å². The molecular formula is C27H27N3O6. The molecule has 2 aliphatic rings. The maximum Gasteiger partial charge on any atom is 0.273 e. The van der Waals surface area contributed by atoms with Gasteiger partial charge in [0.2, 0.25) is 5.89 Å². The van der Waals surface area contributed by atoms with Crippen molar-refractivity contribution in [2.24, 2.45) is 5.92 Å². The van der Waals surface area contributed by atoms with Crippen molar-refractivity contribution in [3.63, 3.8) is 0 Å². The molecule has 2 heterocycles. The Morgan fingerprint density at radius 3 is 2.83 bits per heavy atom. The molecule has 0 atom stereocenters. The van der Waals surface area contributed by atoms with Crippen molar-refractivity contribution in [1.82, 2.24) is 10.3 Å². The second-order valence-electron chi connectivity index (χ2n) is 8.90. The first kappa shape index (κ1) is 23.6. The first-order valence-corrected chi connectivity index (χ1v) is 12.1. The molecule has 1 aliphatic carbocycles. The molecular weight excluding hydrogens is 462 g/mol. The standard InChI is InChI=1S/C27H27N3O6/c1-2-18-5-3-4-6-23(18)34-15-22(31)19-9-10-24-21(11-19)30(26(32)16-35-24)13-25-29-20(14-36-25)27(33)28-12-17-7-8-17/h3-6,9-11,14,17H,2,7-8,12-13,15-16H2,1H3,(H,28,33). The Morgan fingerprint density at radius 1 is 1.19 bits per heavy atom. The number of para-hydroxylation sites is 1. The molecule has 3 aromatic rings. The predicted octanol–water partition coefficient (Wildman–Crippen LogP) is 3.56. The van der Waals surface area contributed by atoms with Crippen LogP contribution in [0.3, 0.4) is 0 Å². The van der Waals surface area contributed by atoms with Crippen LogP contribution in [0.1, 0.15) is 52.1 Å². The van der Waals surface area contributed by atoms with Crippen molar-refractivity contribution < 1.29 is 28.3 Å². The van der Waals surface area contributed by atoms with Crippen LogP contribution in [0.4, 0.5) is 5.69 Å². The lowest BCUT2D eigenvalue weighted by Gasteiger charge is -2.28. The van der Waals surface area contributed by atoms with Crippen molar-refractivity contribution in [3.05, 3.63) is 71.4 Å². The van der Waals surface area contributed by atoms with Gasteiger partial charge in [-0.15, -0.1) is 0 Å². The number of carbonyl (C=O) groups is 3. The third-order valence-corrected chi connectivity index (χ3v) is 6.26. The van der Waals surface area contributed by atoms with E-state index in [4.69, 9.17) is 13.9 Å². The zero-order valence-corrected chi connectivity index (χ0v) is 20.0. The number of aryl methyl sites for hydroxylation is 1. The number of Topliss-reactive ketones (excluding diaryl/α,β-unsaturated/α-hetero) is 1. The zero-order valence-electron chi connectivity index (χ0n) is 20.0. The van der Waals surface area contributed by atoms with Gasteiger partial charge in [-0.25, -0.2) is 4.98 Å². The minimum atomic E-state index is -0.307. The Morgan fingerprint density at radius 2 is 2.03 bits per heavy atom. The molecule has 2 aromatic carbocycles. The summed E-state index contributed by atoms with van der Waals surface area (Å²) >= 11 is 0. The number of aromatic nitrogens is 1. The molecule has 5 rings (SSSR count). The second kappa shape index (κ2) is 10.2. The minimum Gasteiger partial charge on any atom is -0.485 e.